The maximum atomic E-state index is 13.8. The molecule has 9 atom stereocenters. The van der Waals surface area contributed by atoms with Gasteiger partial charge in [0.15, 0.2) is 5.78 Å². The lowest BCUT2D eigenvalue weighted by molar-refractivity contribution is -0.227. The summed E-state index contributed by atoms with van der Waals surface area (Å²) in [7, 11) is 0. The third-order valence-electron chi connectivity index (χ3n) is 11.3. The van der Waals surface area contributed by atoms with Crippen molar-refractivity contribution in [3.63, 3.8) is 0 Å². The monoisotopic (exact) mass is 498 g/mol. The van der Waals surface area contributed by atoms with E-state index in [0.717, 1.165) is 38.5 Å². The molecule has 198 valence electrons. The van der Waals surface area contributed by atoms with Gasteiger partial charge in [-0.1, -0.05) is 53.0 Å². The Balaban J connectivity index is 1.49. The number of ether oxygens (including phenoxy) is 2. The van der Waals surface area contributed by atoms with Crippen molar-refractivity contribution < 1.29 is 29.0 Å². The van der Waals surface area contributed by atoms with E-state index < -0.39 is 35.2 Å². The van der Waals surface area contributed by atoms with E-state index in [1.165, 1.54) is 0 Å². The second-order valence-electron chi connectivity index (χ2n) is 13.0. The minimum atomic E-state index is -1.73. The highest BCUT2D eigenvalue weighted by Gasteiger charge is 2.64. The average molecular weight is 499 g/mol. The maximum absolute atomic E-state index is 13.8. The number of allylic oxidation sites excluding steroid dienone is 1. The Kier molecular flexibility index (Phi) is 6.09. The number of Topliss-reactive ketones (excluding diaryl/α,β-unsaturated/α-hetero) is 1. The van der Waals surface area contributed by atoms with Crippen molar-refractivity contribution in [1.29, 1.82) is 0 Å². The molecule has 5 rings (SSSR count). The third kappa shape index (κ3) is 3.57. The Labute approximate surface area is 214 Å². The molecule has 3 fully saturated rings. The first-order chi connectivity index (χ1) is 16.8. The van der Waals surface area contributed by atoms with Gasteiger partial charge in [0, 0.05) is 29.4 Å². The summed E-state index contributed by atoms with van der Waals surface area (Å²) in [5.41, 5.74) is 0.768. The molecule has 0 radical (unpaired) electrons. The smallest absolute Gasteiger partial charge is 0.336 e. The van der Waals surface area contributed by atoms with Crippen LogP contribution in [0.5, 0.6) is 0 Å². The van der Waals surface area contributed by atoms with Gasteiger partial charge in [-0.05, 0) is 62.2 Å². The fourth-order valence-electron chi connectivity index (χ4n) is 8.31. The minimum absolute atomic E-state index is 0.0427. The lowest BCUT2D eigenvalue weighted by Crippen LogP contribution is -2.59. The topological polar surface area (TPSA) is 89.9 Å². The van der Waals surface area contributed by atoms with E-state index in [1.807, 2.05) is 0 Å². The molecule has 6 heteroatoms. The Morgan fingerprint density at radius 1 is 1.08 bits per heavy atom. The highest BCUT2D eigenvalue weighted by atomic mass is 16.7. The number of hydrogen-bond donors (Lipinski definition) is 1. The summed E-state index contributed by atoms with van der Waals surface area (Å²) in [6.07, 6.45) is 8.36. The number of carbonyl (C=O) groups is 3. The van der Waals surface area contributed by atoms with Crippen LogP contribution in [0.2, 0.25) is 0 Å². The first-order valence-electron chi connectivity index (χ1n) is 14.0. The molecule has 1 heterocycles. The molecule has 6 nitrogen and oxygen atoms in total. The second kappa shape index (κ2) is 8.54. The van der Waals surface area contributed by atoms with Crippen LogP contribution < -0.4 is 0 Å². The zero-order valence-electron chi connectivity index (χ0n) is 22.7. The number of esters is 2. The van der Waals surface area contributed by atoms with E-state index in [2.05, 4.69) is 33.8 Å². The van der Waals surface area contributed by atoms with E-state index in [9.17, 15) is 19.5 Å². The van der Waals surface area contributed by atoms with Gasteiger partial charge in [0.05, 0.1) is 11.5 Å². The molecule has 0 saturated heterocycles. The lowest BCUT2D eigenvalue weighted by Gasteiger charge is -2.56. The number of fused-ring (bicyclic) bond motifs is 3. The number of hydrogen-bond acceptors (Lipinski definition) is 6. The van der Waals surface area contributed by atoms with Crippen molar-refractivity contribution in [3.05, 3.63) is 22.8 Å². The quantitative estimate of drug-likeness (QED) is 0.532. The third-order valence-corrected chi connectivity index (χ3v) is 11.3. The van der Waals surface area contributed by atoms with Crippen LogP contribution in [0, 0.1) is 40.4 Å². The summed E-state index contributed by atoms with van der Waals surface area (Å²) in [6, 6.07) is 0. The molecular weight excluding hydrogens is 456 g/mol. The predicted octanol–water partition coefficient (Wildman–Crippen LogP) is 5.28. The molecule has 36 heavy (non-hydrogen) atoms. The van der Waals surface area contributed by atoms with Crippen molar-refractivity contribution in [2.24, 2.45) is 40.4 Å². The van der Waals surface area contributed by atoms with E-state index in [1.54, 1.807) is 13.8 Å². The van der Waals surface area contributed by atoms with E-state index >= 15 is 0 Å². The van der Waals surface area contributed by atoms with Gasteiger partial charge < -0.3 is 14.6 Å². The minimum Gasteiger partial charge on any atom is -0.456 e. The number of ketones is 1. The number of aliphatic hydroxyl groups is 1. The Morgan fingerprint density at radius 2 is 1.72 bits per heavy atom. The van der Waals surface area contributed by atoms with Gasteiger partial charge >= 0.3 is 11.9 Å². The van der Waals surface area contributed by atoms with Gasteiger partial charge in [-0.3, -0.25) is 9.59 Å². The highest BCUT2D eigenvalue weighted by molar-refractivity contribution is 6.01. The van der Waals surface area contributed by atoms with Crippen LogP contribution in [-0.4, -0.2) is 34.7 Å². The Morgan fingerprint density at radius 3 is 2.42 bits per heavy atom. The summed E-state index contributed by atoms with van der Waals surface area (Å²) in [5.74, 6) is -2.34. The van der Waals surface area contributed by atoms with Crippen LogP contribution in [0.1, 0.15) is 92.9 Å². The molecule has 0 spiro atoms. The molecule has 0 unspecified atom stereocenters. The van der Waals surface area contributed by atoms with Crippen molar-refractivity contribution in [2.75, 3.05) is 0 Å². The van der Waals surface area contributed by atoms with Crippen LogP contribution in [0.4, 0.5) is 0 Å². The Hall–Kier alpha value is -1.95. The molecule has 4 aliphatic carbocycles. The molecule has 0 aromatic heterocycles. The van der Waals surface area contributed by atoms with Crippen LogP contribution in [0.3, 0.4) is 0 Å². The summed E-state index contributed by atoms with van der Waals surface area (Å²) in [6.45, 7) is 12.2. The molecule has 0 amide bonds. The fourth-order valence-corrected chi connectivity index (χ4v) is 8.31. The van der Waals surface area contributed by atoms with Gasteiger partial charge in [-0.15, -0.1) is 0 Å². The molecule has 0 aromatic carbocycles. The van der Waals surface area contributed by atoms with Crippen molar-refractivity contribution >= 4 is 17.7 Å². The molecule has 5 aliphatic rings. The zero-order valence-corrected chi connectivity index (χ0v) is 22.7. The average Bonchev–Trinajstić information content (AvgIpc) is 3.04. The van der Waals surface area contributed by atoms with Crippen LogP contribution in [0.25, 0.3) is 0 Å². The second-order valence-corrected chi connectivity index (χ2v) is 13.0. The number of rotatable bonds is 3. The van der Waals surface area contributed by atoms with Crippen molar-refractivity contribution in [2.45, 2.75) is 105 Å². The lowest BCUT2D eigenvalue weighted by atomic mass is 9.52. The molecule has 1 aliphatic heterocycles. The summed E-state index contributed by atoms with van der Waals surface area (Å²) in [4.78, 5) is 39.5. The normalized spacial score (nSPS) is 45.2. The SMILES string of the molecule is CC1=C2[C@@H](OC(=O)[C@H](C)C3=C[C@@]4(C)[C@H](CCC[C@@H]4C)CC3=O)[C@@]3(C)[C@H](CCC[C@@H]3C)C[C@]2(O)OC1=O. The first kappa shape index (κ1) is 25.7. The van der Waals surface area contributed by atoms with E-state index in [4.69, 9.17) is 9.47 Å². The molecule has 1 N–H and O–H groups in total. The van der Waals surface area contributed by atoms with Crippen LogP contribution >= 0.6 is 0 Å². The largest absolute Gasteiger partial charge is 0.456 e. The van der Waals surface area contributed by atoms with Gasteiger partial charge in [-0.25, -0.2) is 4.79 Å². The van der Waals surface area contributed by atoms with Crippen molar-refractivity contribution in [3.8, 4) is 0 Å². The van der Waals surface area contributed by atoms with Crippen LogP contribution in [0.15, 0.2) is 22.8 Å². The maximum Gasteiger partial charge on any atom is 0.336 e. The molecule has 3 saturated carbocycles. The molecule has 0 bridgehead atoms. The van der Waals surface area contributed by atoms with E-state index in [-0.39, 0.29) is 23.0 Å². The molecule has 0 aromatic rings. The number of carbonyl (C=O) groups excluding carboxylic acids is 3. The Bertz CT molecular complexity index is 1060. The standard InChI is InChI=1S/C30H42O6/c1-16-9-7-11-20-13-23(31)22(15-28(16,20)5)18(3)26(32)35-25-24-19(4)27(33)36-30(24,34)14-21-12-8-10-17(2)29(21,25)6/h15-18,20-21,25,34H,7-14H2,1-6H3/t16-,17-,18+,20+,21+,25+,28+,29+,30-/m0/s1. The molecular formula is C30H42O6. The van der Waals surface area contributed by atoms with Gasteiger partial charge in [0.25, 0.3) is 0 Å². The summed E-state index contributed by atoms with van der Waals surface area (Å²) < 4.78 is 11.8. The van der Waals surface area contributed by atoms with E-state index in [0.29, 0.717) is 41.4 Å². The summed E-state index contributed by atoms with van der Waals surface area (Å²) >= 11 is 0. The van der Waals surface area contributed by atoms with Gasteiger partial charge in [-0.2, -0.15) is 0 Å². The highest BCUT2D eigenvalue weighted by Crippen LogP contribution is 2.60. The van der Waals surface area contributed by atoms with Crippen molar-refractivity contribution in [1.82, 2.24) is 0 Å². The fraction of sp³-hybridized carbons (Fsp3) is 0.767. The van der Waals surface area contributed by atoms with Gasteiger partial charge in [0.2, 0.25) is 5.79 Å². The zero-order chi connectivity index (χ0) is 26.2. The predicted molar refractivity (Wildman–Crippen MR) is 134 cm³/mol. The summed E-state index contributed by atoms with van der Waals surface area (Å²) in [5, 5.41) is 11.4. The van der Waals surface area contributed by atoms with Gasteiger partial charge in [0.1, 0.15) is 6.10 Å². The first-order valence-corrected chi connectivity index (χ1v) is 14.0. The van der Waals surface area contributed by atoms with Crippen LogP contribution in [-0.2, 0) is 23.9 Å².